The maximum atomic E-state index is 12.9. The van der Waals surface area contributed by atoms with Gasteiger partial charge in [-0.2, -0.15) is 0 Å². The summed E-state index contributed by atoms with van der Waals surface area (Å²) in [5.74, 6) is 4.53. The standard InChI is InChI=1S/C32H52O/c1-9-23(21(2)3)11-10-22(4)24-14-16-30(8)26-13-12-25-28(5,6)27(33)15-17-31(25)20-32(26,31)19-18-29(24,30)7/h9,21-22,24-26H,10-20H2,1-8H3/b23-9+/t22-,24-,25-,26+,29-,30+,31-,32+/m1/s1. The summed E-state index contributed by atoms with van der Waals surface area (Å²) in [7, 11) is 0. The smallest absolute Gasteiger partial charge is 0.138 e. The minimum absolute atomic E-state index is 0.0813. The van der Waals surface area contributed by atoms with E-state index in [2.05, 4.69) is 61.5 Å². The first kappa shape index (κ1) is 24.1. The van der Waals surface area contributed by atoms with Crippen molar-refractivity contribution in [1.29, 1.82) is 0 Å². The second-order valence-electron chi connectivity index (χ2n) is 14.8. The average Bonchev–Trinajstić information content (AvgIpc) is 3.34. The number of fused-ring (bicyclic) bond motifs is 2. The molecular formula is C32H52O. The van der Waals surface area contributed by atoms with E-state index in [0.717, 1.165) is 24.2 Å². The maximum Gasteiger partial charge on any atom is 0.138 e. The molecule has 0 radical (unpaired) electrons. The van der Waals surface area contributed by atoms with Crippen LogP contribution in [0.3, 0.4) is 0 Å². The van der Waals surface area contributed by atoms with E-state index in [-0.39, 0.29) is 5.41 Å². The van der Waals surface area contributed by atoms with E-state index in [0.29, 0.717) is 39.3 Å². The first-order chi connectivity index (χ1) is 15.4. The zero-order chi connectivity index (χ0) is 24.0. The Balaban J connectivity index is 1.38. The zero-order valence-corrected chi connectivity index (χ0v) is 23.2. The summed E-state index contributed by atoms with van der Waals surface area (Å²) in [6.07, 6.45) is 17.1. The Morgan fingerprint density at radius 2 is 1.58 bits per heavy atom. The molecule has 186 valence electrons. The van der Waals surface area contributed by atoms with Crippen molar-refractivity contribution in [2.75, 3.05) is 0 Å². The monoisotopic (exact) mass is 452 g/mol. The number of ketones is 1. The molecule has 0 heterocycles. The SMILES string of the molecule is C/C=C(\CC[C@@H](C)[C@H]1CC[C@@]2(C)[C@@H]3CC[C@@H]4C(C)(C)C(=O)CC[C@@]45C[C@@]35CC[C@]12C)C(C)C. The Bertz CT molecular complexity index is 849. The molecule has 0 unspecified atom stereocenters. The van der Waals surface area contributed by atoms with Gasteiger partial charge in [0.25, 0.3) is 0 Å². The third-order valence-electron chi connectivity index (χ3n) is 13.6. The molecule has 0 aromatic heterocycles. The summed E-state index contributed by atoms with van der Waals surface area (Å²) in [4.78, 5) is 12.9. The lowest BCUT2D eigenvalue weighted by atomic mass is 9.42. The Morgan fingerprint density at radius 3 is 2.24 bits per heavy atom. The first-order valence-electron chi connectivity index (χ1n) is 14.6. The molecule has 0 N–H and O–H groups in total. The molecule has 5 saturated carbocycles. The van der Waals surface area contributed by atoms with Crippen LogP contribution in [-0.2, 0) is 4.79 Å². The molecule has 0 saturated heterocycles. The Hall–Kier alpha value is -0.590. The highest BCUT2D eigenvalue weighted by molar-refractivity contribution is 5.86. The fourth-order valence-electron chi connectivity index (χ4n) is 11.5. The van der Waals surface area contributed by atoms with E-state index in [1.165, 1.54) is 64.2 Å². The van der Waals surface area contributed by atoms with Gasteiger partial charge < -0.3 is 0 Å². The van der Waals surface area contributed by atoms with Gasteiger partial charge >= 0.3 is 0 Å². The minimum Gasteiger partial charge on any atom is -0.299 e. The molecule has 0 aromatic carbocycles. The van der Waals surface area contributed by atoms with Crippen LogP contribution in [0.4, 0.5) is 0 Å². The van der Waals surface area contributed by atoms with Gasteiger partial charge in [0, 0.05) is 11.8 Å². The van der Waals surface area contributed by atoms with Crippen LogP contribution < -0.4 is 0 Å². The zero-order valence-electron chi connectivity index (χ0n) is 23.2. The summed E-state index contributed by atoms with van der Waals surface area (Å²) >= 11 is 0. The molecule has 5 aliphatic carbocycles. The number of hydrogen-bond donors (Lipinski definition) is 0. The molecule has 5 rings (SSSR count). The van der Waals surface area contributed by atoms with Crippen molar-refractivity contribution in [1.82, 2.24) is 0 Å². The minimum atomic E-state index is -0.0813. The van der Waals surface area contributed by atoms with E-state index in [1.807, 2.05) is 0 Å². The van der Waals surface area contributed by atoms with Crippen molar-refractivity contribution >= 4 is 5.78 Å². The average molecular weight is 453 g/mol. The summed E-state index contributed by atoms with van der Waals surface area (Å²) in [6, 6.07) is 0. The van der Waals surface area contributed by atoms with Crippen LogP contribution in [0.1, 0.15) is 126 Å². The number of carbonyl (C=O) groups is 1. The van der Waals surface area contributed by atoms with Gasteiger partial charge in [-0.15, -0.1) is 0 Å². The Kier molecular flexibility index (Phi) is 5.45. The molecule has 0 aromatic rings. The van der Waals surface area contributed by atoms with E-state index in [1.54, 1.807) is 5.57 Å². The highest BCUT2D eigenvalue weighted by atomic mass is 16.1. The number of allylic oxidation sites excluding steroid dienone is 2. The van der Waals surface area contributed by atoms with Gasteiger partial charge in [0.1, 0.15) is 5.78 Å². The number of Topliss-reactive ketones (excluding diaryl/α,β-unsaturated/α-hetero) is 1. The molecule has 5 fully saturated rings. The van der Waals surface area contributed by atoms with Crippen molar-refractivity contribution in [3.05, 3.63) is 11.6 Å². The Morgan fingerprint density at radius 1 is 0.909 bits per heavy atom. The molecule has 1 nitrogen and oxygen atoms in total. The van der Waals surface area contributed by atoms with Crippen LogP contribution in [0, 0.1) is 56.7 Å². The molecule has 8 atom stereocenters. The summed E-state index contributed by atoms with van der Waals surface area (Å²) < 4.78 is 0. The fraction of sp³-hybridized carbons (Fsp3) is 0.906. The third kappa shape index (κ3) is 2.92. The van der Waals surface area contributed by atoms with Crippen molar-refractivity contribution in [3.8, 4) is 0 Å². The summed E-state index contributed by atoms with van der Waals surface area (Å²) in [5, 5.41) is 0. The van der Waals surface area contributed by atoms with Gasteiger partial charge in [0.15, 0.2) is 0 Å². The fourth-order valence-corrected chi connectivity index (χ4v) is 11.5. The van der Waals surface area contributed by atoms with E-state index >= 15 is 0 Å². The van der Waals surface area contributed by atoms with Crippen LogP contribution in [-0.4, -0.2) is 5.78 Å². The van der Waals surface area contributed by atoms with Crippen LogP contribution in [0.15, 0.2) is 11.6 Å². The molecule has 0 aliphatic heterocycles. The lowest BCUT2D eigenvalue weighted by Crippen LogP contribution is -2.57. The summed E-state index contributed by atoms with van der Waals surface area (Å²) in [6.45, 7) is 19.6. The van der Waals surface area contributed by atoms with Gasteiger partial charge in [0.2, 0.25) is 0 Å². The molecule has 0 amide bonds. The maximum absolute atomic E-state index is 12.9. The molecule has 33 heavy (non-hydrogen) atoms. The van der Waals surface area contributed by atoms with Gasteiger partial charge in [-0.05, 0) is 122 Å². The largest absolute Gasteiger partial charge is 0.299 e. The van der Waals surface area contributed by atoms with Crippen molar-refractivity contribution in [2.24, 2.45) is 56.7 Å². The molecule has 0 bridgehead atoms. The van der Waals surface area contributed by atoms with Crippen LogP contribution in [0.25, 0.3) is 0 Å². The van der Waals surface area contributed by atoms with Crippen molar-refractivity contribution in [2.45, 2.75) is 126 Å². The first-order valence-corrected chi connectivity index (χ1v) is 14.6. The molecule has 2 spiro atoms. The topological polar surface area (TPSA) is 17.1 Å². The van der Waals surface area contributed by atoms with Gasteiger partial charge in [-0.25, -0.2) is 0 Å². The van der Waals surface area contributed by atoms with Crippen LogP contribution in [0.5, 0.6) is 0 Å². The highest BCUT2D eigenvalue weighted by Gasteiger charge is 2.82. The number of rotatable bonds is 5. The predicted molar refractivity (Wildman–Crippen MR) is 139 cm³/mol. The van der Waals surface area contributed by atoms with E-state index in [9.17, 15) is 4.79 Å². The molecule has 1 heteroatoms. The van der Waals surface area contributed by atoms with E-state index < -0.39 is 0 Å². The second-order valence-corrected chi connectivity index (χ2v) is 14.8. The Labute approximate surface area is 204 Å². The highest BCUT2D eigenvalue weighted by Crippen LogP contribution is 2.88. The molecule has 5 aliphatic rings. The predicted octanol–water partition coefficient (Wildman–Crippen LogP) is 9.01. The normalized spacial score (nSPS) is 49.2. The van der Waals surface area contributed by atoms with Crippen molar-refractivity contribution in [3.63, 3.8) is 0 Å². The second kappa shape index (κ2) is 7.46. The quantitative estimate of drug-likeness (QED) is 0.380. The van der Waals surface area contributed by atoms with Crippen LogP contribution in [0.2, 0.25) is 0 Å². The lowest BCUT2D eigenvalue weighted by Gasteiger charge is -2.62. The van der Waals surface area contributed by atoms with Gasteiger partial charge in [-0.3, -0.25) is 4.79 Å². The van der Waals surface area contributed by atoms with Gasteiger partial charge in [-0.1, -0.05) is 60.1 Å². The summed E-state index contributed by atoms with van der Waals surface area (Å²) in [5.41, 5.74) is 3.68. The number of hydrogen-bond acceptors (Lipinski definition) is 1. The van der Waals surface area contributed by atoms with Crippen LogP contribution >= 0.6 is 0 Å². The van der Waals surface area contributed by atoms with Crippen molar-refractivity contribution < 1.29 is 4.79 Å². The third-order valence-corrected chi connectivity index (χ3v) is 13.6. The van der Waals surface area contributed by atoms with Gasteiger partial charge in [0.05, 0.1) is 0 Å². The number of carbonyl (C=O) groups excluding carboxylic acids is 1. The lowest BCUT2D eigenvalue weighted by molar-refractivity contribution is -0.157. The molecular weight excluding hydrogens is 400 g/mol. The van der Waals surface area contributed by atoms with E-state index in [4.69, 9.17) is 0 Å².